The van der Waals surface area contributed by atoms with Crippen molar-refractivity contribution in [1.29, 1.82) is 0 Å². The Kier molecular flexibility index (Phi) is 6.58. The van der Waals surface area contributed by atoms with Crippen LogP contribution in [0.15, 0.2) is 41.9 Å². The highest BCUT2D eigenvalue weighted by atomic mass is 16.5. The molecule has 2 heterocycles. The smallest absolute Gasteiger partial charge is 0.338 e. The molecule has 2 aromatic rings. The first kappa shape index (κ1) is 22.0. The Morgan fingerprint density at radius 1 is 1.12 bits per heavy atom. The van der Waals surface area contributed by atoms with E-state index in [9.17, 15) is 9.59 Å². The van der Waals surface area contributed by atoms with E-state index >= 15 is 0 Å². The lowest BCUT2D eigenvalue weighted by atomic mass is 9.94. The van der Waals surface area contributed by atoms with E-state index in [4.69, 9.17) is 4.74 Å². The third-order valence-electron chi connectivity index (χ3n) is 6.27. The largest absolute Gasteiger partial charge is 0.463 e. The molecule has 0 saturated heterocycles. The van der Waals surface area contributed by atoms with Gasteiger partial charge in [-0.2, -0.15) is 10.1 Å². The van der Waals surface area contributed by atoms with Gasteiger partial charge in [-0.1, -0.05) is 49.1 Å². The molecule has 170 valence electrons. The third kappa shape index (κ3) is 4.40. The zero-order valence-electron chi connectivity index (χ0n) is 19.0. The summed E-state index contributed by atoms with van der Waals surface area (Å²) in [6.45, 7) is 5.99. The molecule has 1 saturated carbocycles. The van der Waals surface area contributed by atoms with Crippen LogP contribution in [0.3, 0.4) is 0 Å². The van der Waals surface area contributed by atoms with Gasteiger partial charge in [0.25, 0.3) is 0 Å². The SMILES string of the molecule is CCOC(=O)C1=C(C)N(CC(=O)NC2CCCCC2)c2ncnn2[C@H]1c1ccc(C)cc1. The summed E-state index contributed by atoms with van der Waals surface area (Å²) < 4.78 is 7.11. The van der Waals surface area contributed by atoms with Gasteiger partial charge in [0, 0.05) is 11.7 Å². The van der Waals surface area contributed by atoms with E-state index in [0.29, 0.717) is 17.2 Å². The molecule has 1 aromatic carbocycles. The van der Waals surface area contributed by atoms with E-state index in [1.54, 1.807) is 16.5 Å². The molecule has 0 unspecified atom stereocenters. The number of ether oxygens (including phenoxy) is 1. The number of esters is 1. The highest BCUT2D eigenvalue weighted by Crippen LogP contribution is 2.38. The average Bonchev–Trinajstić information content (AvgIpc) is 3.26. The Hall–Kier alpha value is -3.16. The molecular formula is C24H31N5O3. The van der Waals surface area contributed by atoms with E-state index in [-0.39, 0.29) is 25.1 Å². The minimum atomic E-state index is -0.468. The molecule has 1 aliphatic heterocycles. The van der Waals surface area contributed by atoms with Crippen LogP contribution in [0.2, 0.25) is 0 Å². The van der Waals surface area contributed by atoms with Crippen molar-refractivity contribution in [2.75, 3.05) is 18.1 Å². The zero-order chi connectivity index (χ0) is 22.7. The molecule has 1 aliphatic carbocycles. The molecule has 4 rings (SSSR count). The number of amides is 1. The number of benzene rings is 1. The first-order valence-corrected chi connectivity index (χ1v) is 11.4. The van der Waals surface area contributed by atoms with Crippen molar-refractivity contribution in [2.24, 2.45) is 0 Å². The van der Waals surface area contributed by atoms with Gasteiger partial charge in [-0.05, 0) is 39.2 Å². The average molecular weight is 438 g/mol. The lowest BCUT2D eigenvalue weighted by molar-refractivity contribution is -0.139. The lowest BCUT2D eigenvalue weighted by Gasteiger charge is -2.35. The zero-order valence-corrected chi connectivity index (χ0v) is 19.0. The molecule has 8 nitrogen and oxygen atoms in total. The number of anilines is 1. The molecule has 1 aromatic heterocycles. The summed E-state index contributed by atoms with van der Waals surface area (Å²) in [7, 11) is 0. The molecule has 32 heavy (non-hydrogen) atoms. The summed E-state index contributed by atoms with van der Waals surface area (Å²) in [6.07, 6.45) is 7.01. The van der Waals surface area contributed by atoms with Gasteiger partial charge in [0.05, 0.1) is 12.2 Å². The number of rotatable bonds is 6. The van der Waals surface area contributed by atoms with Crippen LogP contribution < -0.4 is 10.2 Å². The fourth-order valence-corrected chi connectivity index (χ4v) is 4.61. The first-order chi connectivity index (χ1) is 15.5. The maximum atomic E-state index is 13.1. The van der Waals surface area contributed by atoms with E-state index in [0.717, 1.165) is 36.8 Å². The topological polar surface area (TPSA) is 89.3 Å². The predicted octanol–water partition coefficient (Wildman–Crippen LogP) is 3.28. The van der Waals surface area contributed by atoms with Crippen molar-refractivity contribution >= 4 is 17.8 Å². The van der Waals surface area contributed by atoms with E-state index in [2.05, 4.69) is 15.4 Å². The fraction of sp³-hybridized carbons (Fsp3) is 0.500. The normalized spacial score (nSPS) is 19.0. The molecule has 1 fully saturated rings. The summed E-state index contributed by atoms with van der Waals surface area (Å²) in [5.41, 5.74) is 3.17. The quantitative estimate of drug-likeness (QED) is 0.698. The highest BCUT2D eigenvalue weighted by Gasteiger charge is 2.38. The van der Waals surface area contributed by atoms with Crippen LogP contribution in [-0.4, -0.2) is 45.8 Å². The van der Waals surface area contributed by atoms with Crippen molar-refractivity contribution in [3.63, 3.8) is 0 Å². The number of carbonyl (C=O) groups is 2. The molecule has 0 bridgehead atoms. The number of hydrogen-bond donors (Lipinski definition) is 1. The number of hydrogen-bond acceptors (Lipinski definition) is 6. The molecule has 0 spiro atoms. The van der Waals surface area contributed by atoms with Gasteiger partial charge in [-0.3, -0.25) is 4.79 Å². The number of aryl methyl sites for hydroxylation is 1. The molecule has 2 aliphatic rings. The summed E-state index contributed by atoms with van der Waals surface area (Å²) in [6, 6.07) is 7.74. The van der Waals surface area contributed by atoms with Crippen molar-refractivity contribution in [2.45, 2.75) is 65.0 Å². The number of nitrogens with zero attached hydrogens (tertiary/aromatic N) is 4. The second-order valence-electron chi connectivity index (χ2n) is 8.53. The molecule has 0 radical (unpaired) electrons. The van der Waals surface area contributed by atoms with Crippen molar-refractivity contribution in [3.8, 4) is 0 Å². The lowest BCUT2D eigenvalue weighted by Crippen LogP contribution is -2.45. The number of aromatic nitrogens is 3. The first-order valence-electron chi connectivity index (χ1n) is 11.4. The Bertz CT molecular complexity index is 1000. The number of fused-ring (bicyclic) bond motifs is 1. The number of nitrogens with one attached hydrogen (secondary N) is 1. The monoisotopic (exact) mass is 437 g/mol. The van der Waals surface area contributed by atoms with Gasteiger partial charge in [-0.15, -0.1) is 0 Å². The standard InChI is InChI=1S/C24H31N5O3/c1-4-32-23(31)21-17(3)28(14-20(30)27-19-8-6-5-7-9-19)24-25-15-26-29(24)22(21)18-12-10-16(2)11-13-18/h10-13,15,19,22H,4-9,14H2,1-3H3,(H,27,30)/t22-/m0/s1. The molecule has 8 heteroatoms. The van der Waals surface area contributed by atoms with Crippen LogP contribution >= 0.6 is 0 Å². The molecular weight excluding hydrogens is 406 g/mol. The van der Waals surface area contributed by atoms with E-state index < -0.39 is 12.0 Å². The van der Waals surface area contributed by atoms with Crippen LogP contribution in [0.5, 0.6) is 0 Å². The van der Waals surface area contributed by atoms with Crippen LogP contribution in [0.4, 0.5) is 5.95 Å². The Balaban J connectivity index is 1.69. The Morgan fingerprint density at radius 3 is 2.53 bits per heavy atom. The van der Waals surface area contributed by atoms with E-state index in [1.165, 1.54) is 12.7 Å². The highest BCUT2D eigenvalue weighted by molar-refractivity contribution is 5.93. The Labute approximate surface area is 188 Å². The summed E-state index contributed by atoms with van der Waals surface area (Å²) in [5, 5.41) is 7.58. The van der Waals surface area contributed by atoms with Gasteiger partial charge in [-0.25, -0.2) is 9.48 Å². The summed E-state index contributed by atoms with van der Waals surface area (Å²) in [5.74, 6) is 0.0529. The second-order valence-corrected chi connectivity index (χ2v) is 8.53. The minimum Gasteiger partial charge on any atom is -0.463 e. The van der Waals surface area contributed by atoms with Crippen molar-refractivity contribution in [3.05, 3.63) is 53.0 Å². The minimum absolute atomic E-state index is 0.0740. The number of allylic oxidation sites excluding steroid dienone is 1. The van der Waals surface area contributed by atoms with E-state index in [1.807, 2.05) is 38.1 Å². The summed E-state index contributed by atoms with van der Waals surface area (Å²) in [4.78, 5) is 32.2. The van der Waals surface area contributed by atoms with Crippen molar-refractivity contribution in [1.82, 2.24) is 20.1 Å². The molecule has 1 N–H and O–H groups in total. The summed E-state index contributed by atoms with van der Waals surface area (Å²) >= 11 is 0. The molecule has 1 amide bonds. The third-order valence-corrected chi connectivity index (χ3v) is 6.27. The van der Waals surface area contributed by atoms with Crippen LogP contribution in [0.25, 0.3) is 0 Å². The second kappa shape index (κ2) is 9.54. The number of carbonyl (C=O) groups excluding carboxylic acids is 2. The predicted molar refractivity (Wildman–Crippen MR) is 121 cm³/mol. The van der Waals surface area contributed by atoms with Gasteiger partial charge < -0.3 is 15.0 Å². The van der Waals surface area contributed by atoms with Crippen molar-refractivity contribution < 1.29 is 14.3 Å². The van der Waals surface area contributed by atoms with Gasteiger partial charge >= 0.3 is 5.97 Å². The maximum absolute atomic E-state index is 13.1. The van der Waals surface area contributed by atoms with Gasteiger partial charge in [0.2, 0.25) is 11.9 Å². The van der Waals surface area contributed by atoms with Crippen LogP contribution in [-0.2, 0) is 14.3 Å². The molecule has 1 atom stereocenters. The van der Waals surface area contributed by atoms with Crippen LogP contribution in [0, 0.1) is 6.92 Å². The fourth-order valence-electron chi connectivity index (χ4n) is 4.61. The van der Waals surface area contributed by atoms with Gasteiger partial charge in [0.15, 0.2) is 0 Å². The van der Waals surface area contributed by atoms with Crippen LogP contribution in [0.1, 0.15) is 63.1 Å². The Morgan fingerprint density at radius 2 is 1.84 bits per heavy atom. The maximum Gasteiger partial charge on any atom is 0.338 e. The van der Waals surface area contributed by atoms with Gasteiger partial charge in [0.1, 0.15) is 18.9 Å².